The molecule has 1 fully saturated rings. The van der Waals surface area contributed by atoms with Crippen LogP contribution in [0.3, 0.4) is 0 Å². The van der Waals surface area contributed by atoms with Crippen LogP contribution in [0.1, 0.15) is 32.9 Å². The van der Waals surface area contributed by atoms with Crippen LogP contribution < -0.4 is 0 Å². The first-order valence-electron chi connectivity index (χ1n) is 10.2. The molecule has 6 heteroatoms. The van der Waals surface area contributed by atoms with E-state index >= 15 is 0 Å². The second-order valence-corrected chi connectivity index (χ2v) is 8.68. The van der Waals surface area contributed by atoms with Crippen LogP contribution in [-0.4, -0.2) is 49.1 Å². The van der Waals surface area contributed by atoms with Gasteiger partial charge in [0.15, 0.2) is 0 Å². The van der Waals surface area contributed by atoms with Crippen LogP contribution in [-0.2, 0) is 6.42 Å². The second kappa shape index (κ2) is 7.59. The molecule has 0 saturated carbocycles. The lowest BCUT2D eigenvalue weighted by atomic mass is 9.72. The van der Waals surface area contributed by atoms with E-state index in [1.165, 1.54) is 6.42 Å². The molecule has 0 bridgehead atoms. The Bertz CT molecular complexity index is 965. The van der Waals surface area contributed by atoms with Gasteiger partial charge < -0.3 is 10.0 Å². The first-order valence-corrected chi connectivity index (χ1v) is 10.2. The van der Waals surface area contributed by atoms with E-state index in [-0.39, 0.29) is 11.3 Å². The predicted molar refractivity (Wildman–Crippen MR) is 114 cm³/mol. The van der Waals surface area contributed by atoms with E-state index in [0.29, 0.717) is 23.1 Å². The van der Waals surface area contributed by atoms with Gasteiger partial charge in [-0.1, -0.05) is 6.92 Å². The van der Waals surface area contributed by atoms with Gasteiger partial charge in [0, 0.05) is 29.6 Å². The summed E-state index contributed by atoms with van der Waals surface area (Å²) in [4.78, 5) is 2.46. The Morgan fingerprint density at radius 2 is 2.00 bits per heavy atom. The molecule has 6 nitrogen and oxygen atoms in total. The van der Waals surface area contributed by atoms with Crippen molar-refractivity contribution in [2.45, 2.75) is 39.2 Å². The first kappa shape index (κ1) is 19.6. The molecule has 1 aliphatic rings. The molecule has 0 spiro atoms. The van der Waals surface area contributed by atoms with Crippen molar-refractivity contribution in [1.29, 1.82) is 0 Å². The lowest BCUT2D eigenvalue weighted by molar-refractivity contribution is 0.0131. The summed E-state index contributed by atoms with van der Waals surface area (Å²) in [7, 11) is 2.21. The van der Waals surface area contributed by atoms with Gasteiger partial charge in [-0.05, 0) is 82.4 Å². The Morgan fingerprint density at radius 3 is 2.66 bits per heavy atom. The summed E-state index contributed by atoms with van der Waals surface area (Å²) in [6.45, 7) is 8.12. The Hall–Kier alpha value is -2.73. The molecule has 1 saturated heterocycles. The quantitative estimate of drug-likeness (QED) is 0.730. The maximum atomic E-state index is 10.5. The highest BCUT2D eigenvalue weighted by atomic mass is 16.3. The van der Waals surface area contributed by atoms with Gasteiger partial charge in [0.1, 0.15) is 5.75 Å². The molecule has 152 valence electrons. The van der Waals surface area contributed by atoms with Crippen LogP contribution in [0.5, 0.6) is 5.75 Å². The minimum Gasteiger partial charge on any atom is -0.507 e. The minimum absolute atomic E-state index is 0.172. The normalized spacial score (nSPS) is 21.9. The average molecular weight is 392 g/mol. The van der Waals surface area contributed by atoms with Gasteiger partial charge in [-0.25, -0.2) is 4.68 Å². The molecule has 0 amide bonds. The topological polar surface area (TPSA) is 67.1 Å². The van der Waals surface area contributed by atoms with Crippen LogP contribution in [0, 0.1) is 11.8 Å². The summed E-state index contributed by atoms with van der Waals surface area (Å²) in [5, 5.41) is 23.5. The van der Waals surface area contributed by atoms with E-state index in [9.17, 15) is 5.11 Å². The maximum absolute atomic E-state index is 10.5. The summed E-state index contributed by atoms with van der Waals surface area (Å²) in [5.74, 6) is 1.36. The number of phenols is 1. The summed E-state index contributed by atoms with van der Waals surface area (Å²) in [6, 6.07) is 11.3. The lowest BCUT2D eigenvalue weighted by Crippen LogP contribution is -2.53. The molecule has 0 aliphatic carbocycles. The molecule has 1 aliphatic heterocycles. The van der Waals surface area contributed by atoms with Crippen LogP contribution in [0.4, 0.5) is 0 Å². The zero-order chi connectivity index (χ0) is 20.6. The van der Waals surface area contributed by atoms with Crippen molar-refractivity contribution in [2.24, 2.45) is 11.8 Å². The monoisotopic (exact) mass is 391 g/mol. The van der Waals surface area contributed by atoms with E-state index in [1.807, 2.05) is 36.5 Å². The zero-order valence-corrected chi connectivity index (χ0v) is 17.6. The highest BCUT2D eigenvalue weighted by molar-refractivity contribution is 5.68. The SMILES string of the molecule is CC1C(Cc2ccc(-c3ccc(-n4cccn4)cc3O)nn2)CCN(C)C1(C)C. The number of piperidine rings is 1. The van der Waals surface area contributed by atoms with E-state index < -0.39 is 0 Å². The standard InChI is InChI=1S/C23H29N5O/c1-16-17(10-13-27(4)23(16,2)3)14-18-6-9-21(26-25-18)20-8-7-19(15-22(20)29)28-12-5-11-24-28/h5-9,11-12,15-17,29H,10,13-14H2,1-4H3. The number of likely N-dealkylation sites (tertiary alicyclic amines) is 1. The third kappa shape index (κ3) is 3.77. The van der Waals surface area contributed by atoms with E-state index in [0.717, 1.165) is 24.3 Å². The number of hydrogen-bond donors (Lipinski definition) is 1. The Kier molecular flexibility index (Phi) is 5.13. The van der Waals surface area contributed by atoms with Crippen LogP contribution in [0.25, 0.3) is 16.9 Å². The Labute approximate surface area is 172 Å². The zero-order valence-electron chi connectivity index (χ0n) is 17.6. The van der Waals surface area contributed by atoms with Crippen molar-refractivity contribution in [3.63, 3.8) is 0 Å². The first-order chi connectivity index (χ1) is 13.9. The van der Waals surface area contributed by atoms with Crippen molar-refractivity contribution in [3.8, 4) is 22.7 Å². The largest absolute Gasteiger partial charge is 0.507 e. The van der Waals surface area contributed by atoms with Gasteiger partial charge >= 0.3 is 0 Å². The maximum Gasteiger partial charge on any atom is 0.127 e. The van der Waals surface area contributed by atoms with E-state index in [1.54, 1.807) is 16.9 Å². The summed E-state index contributed by atoms with van der Waals surface area (Å²) >= 11 is 0. The molecule has 4 rings (SSSR count). The van der Waals surface area contributed by atoms with E-state index in [2.05, 4.69) is 48.0 Å². The Balaban J connectivity index is 1.50. The molecule has 29 heavy (non-hydrogen) atoms. The highest BCUT2D eigenvalue weighted by Gasteiger charge is 2.39. The highest BCUT2D eigenvalue weighted by Crippen LogP contribution is 2.37. The van der Waals surface area contributed by atoms with Crippen LogP contribution >= 0.6 is 0 Å². The van der Waals surface area contributed by atoms with E-state index in [4.69, 9.17) is 0 Å². The molecule has 1 aromatic carbocycles. The summed E-state index contributed by atoms with van der Waals surface area (Å²) in [6.07, 6.45) is 5.67. The van der Waals surface area contributed by atoms with Gasteiger partial charge in [0.25, 0.3) is 0 Å². The van der Waals surface area contributed by atoms with Crippen LogP contribution in [0.15, 0.2) is 48.8 Å². The lowest BCUT2D eigenvalue weighted by Gasteiger charge is -2.49. The number of benzene rings is 1. The van der Waals surface area contributed by atoms with Gasteiger partial charge in [-0.3, -0.25) is 0 Å². The number of hydrogen-bond acceptors (Lipinski definition) is 5. The molecule has 1 N–H and O–H groups in total. The third-order valence-corrected chi connectivity index (χ3v) is 6.86. The number of rotatable bonds is 4. The van der Waals surface area contributed by atoms with Crippen molar-refractivity contribution in [2.75, 3.05) is 13.6 Å². The molecule has 2 unspecified atom stereocenters. The van der Waals surface area contributed by atoms with Crippen molar-refractivity contribution < 1.29 is 5.11 Å². The van der Waals surface area contributed by atoms with Gasteiger partial charge in [-0.15, -0.1) is 0 Å². The second-order valence-electron chi connectivity index (χ2n) is 8.68. The number of aromatic nitrogens is 4. The smallest absolute Gasteiger partial charge is 0.127 e. The fourth-order valence-electron chi connectivity index (χ4n) is 4.28. The molecule has 3 aromatic rings. The predicted octanol–water partition coefficient (Wildman–Crippen LogP) is 3.94. The molecule has 3 heterocycles. The van der Waals surface area contributed by atoms with Gasteiger partial charge in [-0.2, -0.15) is 15.3 Å². The number of nitrogens with zero attached hydrogens (tertiary/aromatic N) is 5. The Morgan fingerprint density at radius 1 is 1.17 bits per heavy atom. The van der Waals surface area contributed by atoms with Gasteiger partial charge in [0.05, 0.1) is 17.1 Å². The number of aromatic hydroxyl groups is 1. The number of phenolic OH excluding ortho intramolecular Hbond substituents is 1. The summed E-state index contributed by atoms with van der Waals surface area (Å²) < 4.78 is 1.71. The van der Waals surface area contributed by atoms with Crippen molar-refractivity contribution in [3.05, 3.63) is 54.5 Å². The summed E-state index contributed by atoms with van der Waals surface area (Å²) in [5.41, 5.74) is 3.36. The average Bonchev–Trinajstić information content (AvgIpc) is 3.24. The fourth-order valence-corrected chi connectivity index (χ4v) is 4.28. The minimum atomic E-state index is 0.172. The van der Waals surface area contributed by atoms with Crippen LogP contribution in [0.2, 0.25) is 0 Å². The van der Waals surface area contributed by atoms with Crippen molar-refractivity contribution >= 4 is 0 Å². The molecular formula is C23H29N5O. The molecular weight excluding hydrogens is 362 g/mol. The fraction of sp³-hybridized carbons (Fsp3) is 0.435. The molecule has 2 atom stereocenters. The van der Waals surface area contributed by atoms with Gasteiger partial charge in [0.2, 0.25) is 0 Å². The molecule has 2 aromatic heterocycles. The third-order valence-electron chi connectivity index (χ3n) is 6.86. The molecule has 0 radical (unpaired) electrons. The van der Waals surface area contributed by atoms with Crippen molar-refractivity contribution in [1.82, 2.24) is 24.9 Å².